The Morgan fingerprint density at radius 3 is 2.15 bits per heavy atom. The standard InChI is InChI=1S/C23H31N3O7S/c1-30-18-5-7-19(8-6-18)33-16-4-11-24-23(27)25-12-14-26(15-13-25)34(28,29)20-9-10-21(31-2)22(17-20)32-3/h5-10,17H,4,11-16H2,1-3H3,(H,24,27). The molecule has 0 atom stereocenters. The molecule has 1 N–H and O–H groups in total. The van der Waals surface area contributed by atoms with E-state index in [0.717, 1.165) is 11.5 Å². The fourth-order valence-electron chi connectivity index (χ4n) is 3.50. The SMILES string of the molecule is COc1ccc(OCCCNC(=O)N2CCN(S(=O)(=O)c3ccc(OC)c(OC)c3)CC2)cc1. The van der Waals surface area contributed by atoms with Gasteiger partial charge in [0.15, 0.2) is 11.5 Å². The maximum atomic E-state index is 13.0. The highest BCUT2D eigenvalue weighted by Gasteiger charge is 2.30. The molecule has 1 saturated heterocycles. The minimum Gasteiger partial charge on any atom is -0.497 e. The highest BCUT2D eigenvalue weighted by atomic mass is 32.2. The lowest BCUT2D eigenvalue weighted by atomic mass is 10.3. The summed E-state index contributed by atoms with van der Waals surface area (Å²) < 4.78 is 48.6. The number of sulfonamides is 1. The first-order valence-electron chi connectivity index (χ1n) is 10.9. The van der Waals surface area contributed by atoms with E-state index in [4.69, 9.17) is 18.9 Å². The fourth-order valence-corrected chi connectivity index (χ4v) is 4.94. The number of ether oxygens (including phenoxy) is 4. The lowest BCUT2D eigenvalue weighted by Crippen LogP contribution is -2.53. The van der Waals surface area contributed by atoms with Gasteiger partial charge in [0.25, 0.3) is 0 Å². The van der Waals surface area contributed by atoms with E-state index in [2.05, 4.69) is 5.32 Å². The number of nitrogens with one attached hydrogen (secondary N) is 1. The summed E-state index contributed by atoms with van der Waals surface area (Å²) in [5.41, 5.74) is 0. The van der Waals surface area contributed by atoms with Gasteiger partial charge in [0.05, 0.1) is 32.8 Å². The Bertz CT molecular complexity index is 1050. The number of amides is 2. The summed E-state index contributed by atoms with van der Waals surface area (Å²) in [5, 5.41) is 2.86. The summed E-state index contributed by atoms with van der Waals surface area (Å²) in [6.07, 6.45) is 0.644. The largest absolute Gasteiger partial charge is 0.497 e. The molecule has 1 fully saturated rings. The Balaban J connectivity index is 1.42. The maximum absolute atomic E-state index is 13.0. The van der Waals surface area contributed by atoms with Crippen LogP contribution in [-0.4, -0.2) is 84.3 Å². The summed E-state index contributed by atoms with van der Waals surface area (Å²) in [7, 11) is 0.843. The summed E-state index contributed by atoms with van der Waals surface area (Å²) in [6.45, 7) is 1.96. The molecule has 34 heavy (non-hydrogen) atoms. The summed E-state index contributed by atoms with van der Waals surface area (Å²) >= 11 is 0. The highest BCUT2D eigenvalue weighted by Crippen LogP contribution is 2.30. The molecule has 0 aliphatic carbocycles. The van der Waals surface area contributed by atoms with Gasteiger partial charge in [0, 0.05) is 38.8 Å². The first-order valence-corrected chi connectivity index (χ1v) is 12.3. The van der Waals surface area contributed by atoms with Crippen molar-refractivity contribution in [3.63, 3.8) is 0 Å². The Labute approximate surface area is 200 Å². The zero-order valence-corrected chi connectivity index (χ0v) is 20.5. The predicted molar refractivity (Wildman–Crippen MR) is 126 cm³/mol. The van der Waals surface area contributed by atoms with Crippen molar-refractivity contribution < 1.29 is 32.2 Å². The normalized spacial score (nSPS) is 14.4. The van der Waals surface area contributed by atoms with Crippen LogP contribution in [0.2, 0.25) is 0 Å². The van der Waals surface area contributed by atoms with E-state index in [9.17, 15) is 13.2 Å². The number of hydrogen-bond acceptors (Lipinski definition) is 7. The van der Waals surface area contributed by atoms with Gasteiger partial charge in [0.1, 0.15) is 11.5 Å². The van der Waals surface area contributed by atoms with Gasteiger partial charge in [-0.25, -0.2) is 13.2 Å². The molecule has 1 aliphatic heterocycles. The van der Waals surface area contributed by atoms with Crippen LogP contribution >= 0.6 is 0 Å². The molecule has 1 heterocycles. The van der Waals surface area contributed by atoms with Gasteiger partial charge in [-0.2, -0.15) is 4.31 Å². The van der Waals surface area contributed by atoms with E-state index in [0.29, 0.717) is 44.2 Å². The van der Waals surface area contributed by atoms with Gasteiger partial charge in [0.2, 0.25) is 10.0 Å². The molecule has 0 saturated carbocycles. The van der Waals surface area contributed by atoms with Crippen LogP contribution in [-0.2, 0) is 10.0 Å². The Hall–Kier alpha value is -3.18. The maximum Gasteiger partial charge on any atom is 0.317 e. The number of methoxy groups -OCH3 is 3. The molecule has 3 rings (SSSR count). The zero-order valence-electron chi connectivity index (χ0n) is 19.7. The van der Waals surface area contributed by atoms with E-state index < -0.39 is 10.0 Å². The Morgan fingerprint density at radius 1 is 0.882 bits per heavy atom. The molecule has 0 aromatic heterocycles. The van der Waals surface area contributed by atoms with Crippen LogP contribution in [0.4, 0.5) is 4.79 Å². The van der Waals surface area contributed by atoms with E-state index in [1.54, 1.807) is 18.1 Å². The topological polar surface area (TPSA) is 107 Å². The summed E-state index contributed by atoms with van der Waals surface area (Å²) in [4.78, 5) is 14.2. The van der Waals surface area contributed by atoms with Crippen LogP contribution in [0.3, 0.4) is 0 Å². The van der Waals surface area contributed by atoms with Crippen LogP contribution in [0.25, 0.3) is 0 Å². The third-order valence-electron chi connectivity index (χ3n) is 5.44. The summed E-state index contributed by atoms with van der Waals surface area (Å²) in [5.74, 6) is 2.30. The smallest absolute Gasteiger partial charge is 0.317 e. The minimum atomic E-state index is -3.71. The molecule has 0 spiro atoms. The van der Waals surface area contributed by atoms with Crippen molar-refractivity contribution in [2.24, 2.45) is 0 Å². The number of carbonyl (C=O) groups is 1. The number of benzene rings is 2. The average molecular weight is 494 g/mol. The van der Waals surface area contributed by atoms with Gasteiger partial charge in [-0.3, -0.25) is 0 Å². The number of piperazine rings is 1. The second-order valence-electron chi connectivity index (χ2n) is 7.52. The third kappa shape index (κ3) is 6.23. The zero-order chi connectivity index (χ0) is 24.6. The van der Waals surface area contributed by atoms with E-state index in [-0.39, 0.29) is 24.0 Å². The number of urea groups is 1. The van der Waals surface area contributed by atoms with E-state index in [1.165, 1.54) is 30.7 Å². The quantitative estimate of drug-likeness (QED) is 0.506. The Morgan fingerprint density at radius 2 is 1.53 bits per heavy atom. The van der Waals surface area contributed by atoms with Crippen molar-refractivity contribution in [2.75, 3.05) is 60.7 Å². The van der Waals surface area contributed by atoms with Crippen molar-refractivity contribution in [1.82, 2.24) is 14.5 Å². The van der Waals surface area contributed by atoms with Crippen LogP contribution in [0, 0.1) is 0 Å². The number of nitrogens with zero attached hydrogens (tertiary/aromatic N) is 2. The van der Waals surface area contributed by atoms with Crippen molar-refractivity contribution >= 4 is 16.1 Å². The molecule has 186 valence electrons. The molecule has 10 nitrogen and oxygen atoms in total. The van der Waals surface area contributed by atoms with Gasteiger partial charge in [-0.1, -0.05) is 0 Å². The van der Waals surface area contributed by atoms with Crippen LogP contribution in [0.15, 0.2) is 47.4 Å². The molecular weight excluding hydrogens is 462 g/mol. The molecule has 0 radical (unpaired) electrons. The van der Waals surface area contributed by atoms with Gasteiger partial charge >= 0.3 is 6.03 Å². The van der Waals surface area contributed by atoms with Crippen molar-refractivity contribution in [3.8, 4) is 23.0 Å². The molecule has 1 aliphatic rings. The third-order valence-corrected chi connectivity index (χ3v) is 7.34. The molecule has 0 bridgehead atoms. The monoisotopic (exact) mass is 493 g/mol. The van der Waals surface area contributed by atoms with Gasteiger partial charge in [-0.15, -0.1) is 0 Å². The van der Waals surface area contributed by atoms with Gasteiger partial charge < -0.3 is 29.2 Å². The molecule has 0 unspecified atom stereocenters. The van der Waals surface area contributed by atoms with Gasteiger partial charge in [-0.05, 0) is 42.8 Å². The van der Waals surface area contributed by atoms with Crippen LogP contribution < -0.4 is 24.3 Å². The molecule has 2 amide bonds. The van der Waals surface area contributed by atoms with Crippen LogP contribution in [0.1, 0.15) is 6.42 Å². The lowest BCUT2D eigenvalue weighted by Gasteiger charge is -2.34. The number of rotatable bonds is 10. The highest BCUT2D eigenvalue weighted by molar-refractivity contribution is 7.89. The molecule has 2 aromatic rings. The van der Waals surface area contributed by atoms with E-state index >= 15 is 0 Å². The first kappa shape index (κ1) is 25.4. The second kappa shape index (κ2) is 11.8. The van der Waals surface area contributed by atoms with E-state index in [1.807, 2.05) is 24.3 Å². The van der Waals surface area contributed by atoms with Crippen molar-refractivity contribution in [1.29, 1.82) is 0 Å². The number of carbonyl (C=O) groups excluding carboxylic acids is 1. The minimum absolute atomic E-state index is 0.125. The lowest BCUT2D eigenvalue weighted by molar-refractivity contribution is 0.171. The molecular formula is C23H31N3O7S. The van der Waals surface area contributed by atoms with Crippen LogP contribution in [0.5, 0.6) is 23.0 Å². The fraction of sp³-hybridized carbons (Fsp3) is 0.435. The summed E-state index contributed by atoms with van der Waals surface area (Å²) in [6, 6.07) is 11.6. The molecule has 2 aromatic carbocycles. The average Bonchev–Trinajstić information content (AvgIpc) is 2.88. The number of hydrogen-bond donors (Lipinski definition) is 1. The molecule has 11 heteroatoms. The Kier molecular flexibility index (Phi) is 8.83. The van der Waals surface area contributed by atoms with Crippen molar-refractivity contribution in [2.45, 2.75) is 11.3 Å². The second-order valence-corrected chi connectivity index (χ2v) is 9.46. The van der Waals surface area contributed by atoms with Crippen molar-refractivity contribution in [3.05, 3.63) is 42.5 Å². The predicted octanol–water partition coefficient (Wildman–Crippen LogP) is 2.20. The first-order chi connectivity index (χ1) is 16.4.